The Bertz CT molecular complexity index is 400. The van der Waals surface area contributed by atoms with Crippen LogP contribution in [0.15, 0.2) is 22.7 Å². The maximum Gasteiger partial charge on any atom is 0.229 e. The molecule has 0 heterocycles. The lowest BCUT2D eigenvalue weighted by molar-refractivity contribution is -0.117. The highest BCUT2D eigenvalue weighted by atomic mass is 79.9. The second-order valence-electron chi connectivity index (χ2n) is 2.60. The van der Waals surface area contributed by atoms with Crippen LogP contribution in [0.1, 0.15) is 12.0 Å². The van der Waals surface area contributed by atoms with Crippen LogP contribution in [-0.2, 0) is 4.79 Å². The molecule has 1 aromatic rings. The molecule has 4 heteroatoms. The van der Waals surface area contributed by atoms with E-state index in [0.717, 1.165) is 0 Å². The van der Waals surface area contributed by atoms with E-state index in [0.29, 0.717) is 10.0 Å². The highest BCUT2D eigenvalue weighted by Crippen LogP contribution is 2.13. The molecule has 2 N–H and O–H groups in total. The zero-order valence-electron chi connectivity index (χ0n) is 7.18. The SMILES string of the molecule is NC(=O)CC#Cc1cc(F)cc(Br)c1. The summed E-state index contributed by atoms with van der Waals surface area (Å²) in [5, 5.41) is 0. The van der Waals surface area contributed by atoms with Gasteiger partial charge in [-0.25, -0.2) is 4.39 Å². The molecular weight excluding hydrogens is 249 g/mol. The van der Waals surface area contributed by atoms with Crippen LogP contribution in [-0.4, -0.2) is 5.91 Å². The molecule has 0 radical (unpaired) electrons. The van der Waals surface area contributed by atoms with Crippen molar-refractivity contribution in [1.29, 1.82) is 0 Å². The Morgan fingerprint density at radius 1 is 1.50 bits per heavy atom. The molecule has 0 bridgehead atoms. The van der Waals surface area contributed by atoms with Gasteiger partial charge in [0.1, 0.15) is 5.82 Å². The van der Waals surface area contributed by atoms with E-state index < -0.39 is 5.91 Å². The van der Waals surface area contributed by atoms with Crippen LogP contribution < -0.4 is 5.73 Å². The third-order valence-corrected chi connectivity index (χ3v) is 1.82. The number of carbonyl (C=O) groups is 1. The quantitative estimate of drug-likeness (QED) is 0.765. The van der Waals surface area contributed by atoms with E-state index in [1.165, 1.54) is 12.1 Å². The first-order valence-corrected chi connectivity index (χ1v) is 4.60. The summed E-state index contributed by atoms with van der Waals surface area (Å²) in [6.07, 6.45) is -0.0197. The standard InChI is InChI=1S/C10H7BrFNO/c11-8-4-7(5-9(12)6-8)2-1-3-10(13)14/h4-6H,3H2,(H2,13,14). The van der Waals surface area contributed by atoms with Crippen molar-refractivity contribution in [1.82, 2.24) is 0 Å². The van der Waals surface area contributed by atoms with Gasteiger partial charge >= 0.3 is 0 Å². The van der Waals surface area contributed by atoms with E-state index in [1.54, 1.807) is 6.07 Å². The van der Waals surface area contributed by atoms with Crippen molar-refractivity contribution in [2.45, 2.75) is 6.42 Å². The van der Waals surface area contributed by atoms with Crippen molar-refractivity contribution >= 4 is 21.8 Å². The number of hydrogen-bond donors (Lipinski definition) is 1. The third kappa shape index (κ3) is 3.58. The van der Waals surface area contributed by atoms with Gasteiger partial charge in [0.2, 0.25) is 5.91 Å². The minimum Gasteiger partial charge on any atom is -0.369 e. The summed E-state index contributed by atoms with van der Waals surface area (Å²) in [6.45, 7) is 0. The molecule has 1 rings (SSSR count). The fourth-order valence-electron chi connectivity index (χ4n) is 0.859. The van der Waals surface area contributed by atoms with E-state index in [2.05, 4.69) is 27.8 Å². The van der Waals surface area contributed by atoms with Crippen LogP contribution in [0.3, 0.4) is 0 Å². The van der Waals surface area contributed by atoms with Gasteiger partial charge < -0.3 is 5.73 Å². The first kappa shape index (κ1) is 10.7. The van der Waals surface area contributed by atoms with E-state index in [1.807, 2.05) is 0 Å². The van der Waals surface area contributed by atoms with Gasteiger partial charge in [-0.3, -0.25) is 4.79 Å². The summed E-state index contributed by atoms with van der Waals surface area (Å²) in [6, 6.07) is 4.29. The van der Waals surface area contributed by atoms with Gasteiger partial charge in [0.15, 0.2) is 0 Å². The van der Waals surface area contributed by atoms with Gasteiger partial charge in [0.25, 0.3) is 0 Å². The average molecular weight is 256 g/mol. The summed E-state index contributed by atoms with van der Waals surface area (Å²) >= 11 is 3.13. The number of hydrogen-bond acceptors (Lipinski definition) is 1. The molecule has 1 aromatic carbocycles. The van der Waals surface area contributed by atoms with E-state index in [-0.39, 0.29) is 12.2 Å². The number of benzene rings is 1. The molecular formula is C10H7BrFNO. The summed E-state index contributed by atoms with van der Waals surface area (Å²) in [7, 11) is 0. The summed E-state index contributed by atoms with van der Waals surface area (Å²) < 4.78 is 13.4. The Hall–Kier alpha value is -1.34. The van der Waals surface area contributed by atoms with Crippen LogP contribution in [0.4, 0.5) is 4.39 Å². The molecule has 14 heavy (non-hydrogen) atoms. The monoisotopic (exact) mass is 255 g/mol. The molecule has 1 amide bonds. The van der Waals surface area contributed by atoms with Gasteiger partial charge in [-0.1, -0.05) is 27.8 Å². The number of amides is 1. The lowest BCUT2D eigenvalue weighted by Gasteiger charge is -1.93. The van der Waals surface area contributed by atoms with Gasteiger partial charge in [0.05, 0.1) is 6.42 Å². The maximum absolute atomic E-state index is 12.8. The molecule has 0 aliphatic carbocycles. The molecule has 2 nitrogen and oxygen atoms in total. The van der Waals surface area contributed by atoms with Crippen molar-refractivity contribution in [2.75, 3.05) is 0 Å². The molecule has 0 unspecified atom stereocenters. The first-order chi connectivity index (χ1) is 6.58. The number of nitrogens with two attached hydrogens (primary N) is 1. The van der Waals surface area contributed by atoms with Crippen molar-refractivity contribution in [3.8, 4) is 11.8 Å². The predicted octanol–water partition coefficient (Wildman–Crippen LogP) is 1.82. The van der Waals surface area contributed by atoms with Gasteiger partial charge in [0, 0.05) is 10.0 Å². The van der Waals surface area contributed by atoms with E-state index in [4.69, 9.17) is 5.73 Å². The van der Waals surface area contributed by atoms with E-state index in [9.17, 15) is 9.18 Å². The highest BCUT2D eigenvalue weighted by Gasteiger charge is 1.95. The number of halogens is 2. The Morgan fingerprint density at radius 2 is 2.21 bits per heavy atom. The topological polar surface area (TPSA) is 43.1 Å². The van der Waals surface area contributed by atoms with Crippen molar-refractivity contribution in [3.05, 3.63) is 34.1 Å². The molecule has 0 atom stereocenters. The van der Waals surface area contributed by atoms with Crippen molar-refractivity contribution < 1.29 is 9.18 Å². The Balaban J connectivity index is 2.84. The fraction of sp³-hybridized carbons (Fsp3) is 0.100. The van der Waals surface area contributed by atoms with Gasteiger partial charge in [-0.2, -0.15) is 0 Å². The lowest BCUT2D eigenvalue weighted by Crippen LogP contribution is -2.08. The Kier molecular flexibility index (Phi) is 3.66. The minimum absolute atomic E-state index is 0.0197. The Morgan fingerprint density at radius 3 is 2.79 bits per heavy atom. The second-order valence-corrected chi connectivity index (χ2v) is 3.52. The van der Waals surface area contributed by atoms with Crippen LogP contribution in [0.5, 0.6) is 0 Å². The molecule has 0 aromatic heterocycles. The molecule has 0 saturated heterocycles. The fourth-order valence-corrected chi connectivity index (χ4v) is 1.32. The number of primary amides is 1. The highest BCUT2D eigenvalue weighted by molar-refractivity contribution is 9.10. The smallest absolute Gasteiger partial charge is 0.229 e. The molecule has 0 fully saturated rings. The van der Waals surface area contributed by atoms with Crippen LogP contribution >= 0.6 is 15.9 Å². The molecule has 0 aliphatic rings. The van der Waals surface area contributed by atoms with Crippen molar-refractivity contribution in [3.63, 3.8) is 0 Å². The van der Waals surface area contributed by atoms with Gasteiger partial charge in [-0.05, 0) is 18.2 Å². The summed E-state index contributed by atoms with van der Waals surface area (Å²) in [5.74, 6) is 4.32. The predicted molar refractivity (Wildman–Crippen MR) is 54.8 cm³/mol. The number of rotatable bonds is 1. The normalized spacial score (nSPS) is 9.00. The van der Waals surface area contributed by atoms with Crippen LogP contribution in [0, 0.1) is 17.7 Å². The molecule has 0 saturated carbocycles. The largest absolute Gasteiger partial charge is 0.369 e. The first-order valence-electron chi connectivity index (χ1n) is 3.81. The van der Waals surface area contributed by atoms with Crippen LogP contribution in [0.2, 0.25) is 0 Å². The zero-order valence-corrected chi connectivity index (χ0v) is 8.77. The lowest BCUT2D eigenvalue weighted by atomic mass is 10.2. The number of carbonyl (C=O) groups excluding carboxylic acids is 1. The second kappa shape index (κ2) is 4.77. The molecule has 72 valence electrons. The summed E-state index contributed by atoms with van der Waals surface area (Å²) in [4.78, 5) is 10.4. The molecule has 0 aliphatic heterocycles. The van der Waals surface area contributed by atoms with Crippen LogP contribution in [0.25, 0.3) is 0 Å². The van der Waals surface area contributed by atoms with Crippen molar-refractivity contribution in [2.24, 2.45) is 5.73 Å². The maximum atomic E-state index is 12.8. The molecule has 0 spiro atoms. The van der Waals surface area contributed by atoms with Gasteiger partial charge in [-0.15, -0.1) is 0 Å². The average Bonchev–Trinajstić information content (AvgIpc) is 2.01. The van der Waals surface area contributed by atoms with E-state index >= 15 is 0 Å². The minimum atomic E-state index is -0.493. The zero-order chi connectivity index (χ0) is 10.6. The Labute approximate surface area is 89.4 Å². The third-order valence-electron chi connectivity index (χ3n) is 1.36. The summed E-state index contributed by atoms with van der Waals surface area (Å²) in [5.41, 5.74) is 5.40.